The fourth-order valence-electron chi connectivity index (χ4n) is 4.46. The van der Waals surface area contributed by atoms with E-state index in [4.69, 9.17) is 4.98 Å². The highest BCUT2D eigenvalue weighted by atomic mass is 16.4. The van der Waals surface area contributed by atoms with Crippen LogP contribution in [0.5, 0.6) is 0 Å². The van der Waals surface area contributed by atoms with Crippen LogP contribution in [0.3, 0.4) is 0 Å². The number of carboxylic acids is 1. The molecule has 0 saturated carbocycles. The van der Waals surface area contributed by atoms with Crippen LogP contribution in [0, 0.1) is 12.8 Å². The minimum absolute atomic E-state index is 0.0855. The number of unbranched alkanes of at least 4 members (excludes halogenated alkanes) is 2. The van der Waals surface area contributed by atoms with Gasteiger partial charge in [-0.15, -0.1) is 0 Å². The topological polar surface area (TPSA) is 55.1 Å². The molecule has 0 amide bonds. The van der Waals surface area contributed by atoms with Crippen LogP contribution >= 0.6 is 0 Å². The van der Waals surface area contributed by atoms with Crippen molar-refractivity contribution in [1.82, 2.24) is 9.55 Å². The number of aryl methyl sites for hydroxylation is 1. The van der Waals surface area contributed by atoms with E-state index in [0.29, 0.717) is 6.42 Å². The van der Waals surface area contributed by atoms with Crippen LogP contribution in [0.2, 0.25) is 0 Å². The number of allylic oxidation sites excluding steroid dienone is 4. The quantitative estimate of drug-likeness (QED) is 0.471. The van der Waals surface area contributed by atoms with Crippen molar-refractivity contribution >= 4 is 5.97 Å². The third-order valence-electron chi connectivity index (χ3n) is 6.28. The number of benzene rings is 1. The molecule has 1 heterocycles. The number of rotatable bonds is 10. The molecule has 1 aliphatic carbocycles. The molecule has 0 aliphatic heterocycles. The second kappa shape index (κ2) is 9.92. The SMILES string of the molecule is CCC(CCCCCn1c(C)nc(-c2ccccc2)c1C1(C)C=CC=CC1)C(=O)O. The molecule has 2 atom stereocenters. The highest BCUT2D eigenvalue weighted by Crippen LogP contribution is 2.39. The Morgan fingerprint density at radius 1 is 1.20 bits per heavy atom. The van der Waals surface area contributed by atoms with E-state index in [0.717, 1.165) is 55.7 Å². The van der Waals surface area contributed by atoms with Gasteiger partial charge >= 0.3 is 5.97 Å². The van der Waals surface area contributed by atoms with Gasteiger partial charge in [0.25, 0.3) is 0 Å². The summed E-state index contributed by atoms with van der Waals surface area (Å²) in [5, 5.41) is 9.24. The lowest BCUT2D eigenvalue weighted by Crippen LogP contribution is -2.25. The number of aromatic nitrogens is 2. The predicted molar refractivity (Wildman–Crippen MR) is 123 cm³/mol. The van der Waals surface area contributed by atoms with E-state index in [1.54, 1.807) is 0 Å². The Morgan fingerprint density at radius 3 is 2.60 bits per heavy atom. The molecule has 2 unspecified atom stereocenters. The normalized spacial score (nSPS) is 19.2. The summed E-state index contributed by atoms with van der Waals surface area (Å²) in [6, 6.07) is 10.5. The van der Waals surface area contributed by atoms with E-state index in [-0.39, 0.29) is 11.3 Å². The summed E-state index contributed by atoms with van der Waals surface area (Å²) < 4.78 is 2.39. The van der Waals surface area contributed by atoms with Crippen molar-refractivity contribution in [3.8, 4) is 11.3 Å². The number of imidazole rings is 1. The fourth-order valence-corrected chi connectivity index (χ4v) is 4.46. The van der Waals surface area contributed by atoms with Gasteiger partial charge in [-0.25, -0.2) is 4.98 Å². The molecule has 0 spiro atoms. The molecule has 0 radical (unpaired) electrons. The molecule has 0 fully saturated rings. The second-order valence-corrected chi connectivity index (χ2v) is 8.58. The van der Waals surface area contributed by atoms with Gasteiger partial charge in [0.2, 0.25) is 0 Å². The minimum atomic E-state index is -0.664. The zero-order valence-corrected chi connectivity index (χ0v) is 18.5. The molecule has 4 heteroatoms. The number of hydrogen-bond donors (Lipinski definition) is 1. The number of hydrogen-bond acceptors (Lipinski definition) is 2. The lowest BCUT2D eigenvalue weighted by molar-refractivity contribution is -0.142. The van der Waals surface area contributed by atoms with Gasteiger partial charge in [-0.1, -0.05) is 81.3 Å². The maximum atomic E-state index is 11.2. The standard InChI is InChI=1S/C26H34N2O2/c1-4-21(25(29)30)14-10-6-13-19-28-20(2)27-23(22-15-8-5-9-16-22)24(28)26(3)17-11-7-12-18-26/h5,7-9,11-12,15-17,21H,4,6,10,13-14,18-19H2,1-3H3,(H,29,30). The van der Waals surface area contributed by atoms with Gasteiger partial charge < -0.3 is 9.67 Å². The zero-order chi connectivity index (χ0) is 21.6. The molecule has 1 N–H and O–H groups in total. The number of carbonyl (C=O) groups is 1. The van der Waals surface area contributed by atoms with Crippen LogP contribution in [-0.2, 0) is 16.8 Å². The smallest absolute Gasteiger partial charge is 0.306 e. The largest absolute Gasteiger partial charge is 0.481 e. The second-order valence-electron chi connectivity index (χ2n) is 8.58. The van der Waals surface area contributed by atoms with Crippen LogP contribution in [0.4, 0.5) is 0 Å². The van der Waals surface area contributed by atoms with E-state index >= 15 is 0 Å². The molecular weight excluding hydrogens is 372 g/mol. The maximum Gasteiger partial charge on any atom is 0.306 e. The highest BCUT2D eigenvalue weighted by molar-refractivity contribution is 5.69. The number of carboxylic acid groups (broad SMARTS) is 1. The Bertz CT molecular complexity index is 911. The van der Waals surface area contributed by atoms with Gasteiger partial charge in [-0.05, 0) is 32.6 Å². The summed E-state index contributed by atoms with van der Waals surface area (Å²) in [5.74, 6) is 0.172. The Morgan fingerprint density at radius 2 is 1.97 bits per heavy atom. The minimum Gasteiger partial charge on any atom is -0.481 e. The van der Waals surface area contributed by atoms with E-state index in [1.807, 2.05) is 13.0 Å². The summed E-state index contributed by atoms with van der Waals surface area (Å²) in [6.45, 7) is 7.26. The molecular formula is C26H34N2O2. The molecule has 3 rings (SSSR count). The van der Waals surface area contributed by atoms with Gasteiger partial charge in [-0.2, -0.15) is 0 Å². The first kappa shape index (κ1) is 22.1. The highest BCUT2D eigenvalue weighted by Gasteiger charge is 2.32. The molecule has 1 aromatic heterocycles. The van der Waals surface area contributed by atoms with Gasteiger partial charge in [0, 0.05) is 17.5 Å². The molecule has 160 valence electrons. The first-order valence-electron chi connectivity index (χ1n) is 11.2. The average molecular weight is 407 g/mol. The van der Waals surface area contributed by atoms with Crippen molar-refractivity contribution in [2.75, 3.05) is 0 Å². The van der Waals surface area contributed by atoms with Crippen molar-refractivity contribution in [3.63, 3.8) is 0 Å². The summed E-state index contributed by atoms with van der Waals surface area (Å²) in [4.78, 5) is 16.2. The van der Waals surface area contributed by atoms with Gasteiger partial charge in [-0.3, -0.25) is 4.79 Å². The zero-order valence-electron chi connectivity index (χ0n) is 18.5. The summed E-state index contributed by atoms with van der Waals surface area (Å²) in [7, 11) is 0. The average Bonchev–Trinajstić information content (AvgIpc) is 3.08. The third kappa shape index (κ3) is 4.92. The van der Waals surface area contributed by atoms with Gasteiger partial charge in [0.15, 0.2) is 0 Å². The number of nitrogens with zero attached hydrogens (tertiary/aromatic N) is 2. The van der Waals surface area contributed by atoms with Gasteiger partial charge in [0.1, 0.15) is 5.82 Å². The Kier molecular flexibility index (Phi) is 7.30. The van der Waals surface area contributed by atoms with Crippen molar-refractivity contribution in [2.24, 2.45) is 5.92 Å². The molecule has 1 aromatic carbocycles. The van der Waals surface area contributed by atoms with E-state index in [9.17, 15) is 9.90 Å². The molecule has 0 saturated heterocycles. The van der Waals surface area contributed by atoms with Crippen LogP contribution in [0.1, 0.15) is 63.9 Å². The first-order valence-corrected chi connectivity index (χ1v) is 11.2. The van der Waals surface area contributed by atoms with E-state index < -0.39 is 5.97 Å². The van der Waals surface area contributed by atoms with E-state index in [2.05, 4.69) is 67.0 Å². The Hall–Kier alpha value is -2.62. The van der Waals surface area contributed by atoms with Crippen LogP contribution in [-0.4, -0.2) is 20.6 Å². The molecule has 30 heavy (non-hydrogen) atoms. The van der Waals surface area contributed by atoms with Crippen LogP contribution < -0.4 is 0 Å². The maximum absolute atomic E-state index is 11.2. The Labute approximate surface area is 180 Å². The predicted octanol–water partition coefficient (Wildman–Crippen LogP) is 6.30. The van der Waals surface area contributed by atoms with Crippen molar-refractivity contribution in [3.05, 3.63) is 66.2 Å². The molecule has 1 aliphatic rings. The van der Waals surface area contributed by atoms with E-state index in [1.165, 1.54) is 5.69 Å². The lowest BCUT2D eigenvalue weighted by atomic mass is 9.78. The van der Waals surface area contributed by atoms with Crippen molar-refractivity contribution < 1.29 is 9.90 Å². The first-order chi connectivity index (χ1) is 14.5. The monoisotopic (exact) mass is 406 g/mol. The summed E-state index contributed by atoms with van der Waals surface area (Å²) >= 11 is 0. The van der Waals surface area contributed by atoms with Crippen LogP contribution in [0.25, 0.3) is 11.3 Å². The lowest BCUT2D eigenvalue weighted by Gasteiger charge is -2.29. The number of aliphatic carboxylic acids is 1. The van der Waals surface area contributed by atoms with Crippen molar-refractivity contribution in [1.29, 1.82) is 0 Å². The van der Waals surface area contributed by atoms with Crippen molar-refractivity contribution in [2.45, 2.75) is 71.3 Å². The summed E-state index contributed by atoms with van der Waals surface area (Å²) in [6.07, 6.45) is 14.2. The Balaban J connectivity index is 1.80. The summed E-state index contributed by atoms with van der Waals surface area (Å²) in [5.41, 5.74) is 3.43. The third-order valence-corrected chi connectivity index (χ3v) is 6.28. The molecule has 2 aromatic rings. The van der Waals surface area contributed by atoms with Crippen LogP contribution in [0.15, 0.2) is 54.6 Å². The molecule has 4 nitrogen and oxygen atoms in total. The van der Waals surface area contributed by atoms with Gasteiger partial charge in [0.05, 0.1) is 17.3 Å². The fraction of sp³-hybridized carbons (Fsp3) is 0.462. The molecule has 0 bridgehead atoms.